The number of pyridine rings is 1. The van der Waals surface area contributed by atoms with Gasteiger partial charge in [0.1, 0.15) is 11.2 Å². The van der Waals surface area contributed by atoms with Gasteiger partial charge in [-0.2, -0.15) is 0 Å². The summed E-state index contributed by atoms with van der Waals surface area (Å²) in [6.07, 6.45) is 3.01. The summed E-state index contributed by atoms with van der Waals surface area (Å²) in [7, 11) is 0. The van der Waals surface area contributed by atoms with Gasteiger partial charge in [-0.15, -0.1) is 0 Å². The zero-order chi connectivity index (χ0) is 18.7. The predicted octanol–water partition coefficient (Wildman–Crippen LogP) is 3.10. The van der Waals surface area contributed by atoms with Crippen LogP contribution in [0.2, 0.25) is 0 Å². The molecule has 3 aromatic rings. The molecular weight excluding hydrogens is 328 g/mol. The Morgan fingerprint density at radius 2 is 1.81 bits per heavy atom. The summed E-state index contributed by atoms with van der Waals surface area (Å²) in [6, 6.07) is 11.2. The summed E-state index contributed by atoms with van der Waals surface area (Å²) in [5.74, 6) is -0.464. The predicted molar refractivity (Wildman–Crippen MR) is 104 cm³/mol. The van der Waals surface area contributed by atoms with E-state index >= 15 is 0 Å². The first kappa shape index (κ1) is 17.7. The largest absolute Gasteiger partial charge is 0.372 e. The van der Waals surface area contributed by atoms with Crippen LogP contribution in [0, 0.1) is 6.92 Å². The van der Waals surface area contributed by atoms with Crippen molar-refractivity contribution in [1.82, 2.24) is 9.38 Å². The van der Waals surface area contributed by atoms with Crippen molar-refractivity contribution < 1.29 is 4.79 Å². The van der Waals surface area contributed by atoms with Crippen LogP contribution in [0.15, 0.2) is 53.6 Å². The van der Waals surface area contributed by atoms with E-state index in [4.69, 9.17) is 0 Å². The van der Waals surface area contributed by atoms with Crippen LogP contribution in [-0.4, -0.2) is 28.4 Å². The number of nitrogens with zero attached hydrogens (tertiary/aromatic N) is 3. The Labute approximate surface area is 152 Å². The van der Waals surface area contributed by atoms with E-state index < -0.39 is 5.91 Å². The molecule has 2 aromatic heterocycles. The first-order valence-corrected chi connectivity index (χ1v) is 8.68. The molecule has 0 saturated carbocycles. The number of carbonyl (C=O) groups excluding carboxylic acids is 1. The highest BCUT2D eigenvalue weighted by Gasteiger charge is 2.14. The van der Waals surface area contributed by atoms with E-state index in [-0.39, 0.29) is 11.1 Å². The van der Waals surface area contributed by atoms with Crippen molar-refractivity contribution >= 4 is 22.9 Å². The van der Waals surface area contributed by atoms with Gasteiger partial charge in [0.25, 0.3) is 11.5 Å². The maximum Gasteiger partial charge on any atom is 0.270 e. The number of nitrogens with one attached hydrogen (secondary N) is 1. The molecule has 1 N–H and O–H groups in total. The Bertz CT molecular complexity index is 989. The van der Waals surface area contributed by atoms with Crippen LogP contribution in [0.5, 0.6) is 0 Å². The maximum atomic E-state index is 12.6. The second kappa shape index (κ2) is 7.39. The molecule has 0 aliphatic rings. The molecule has 3 rings (SSSR count). The lowest BCUT2D eigenvalue weighted by atomic mass is 10.2. The summed E-state index contributed by atoms with van der Waals surface area (Å²) in [5.41, 5.74) is 2.80. The van der Waals surface area contributed by atoms with E-state index in [1.165, 1.54) is 10.6 Å². The van der Waals surface area contributed by atoms with Gasteiger partial charge in [0, 0.05) is 36.9 Å². The second-order valence-electron chi connectivity index (χ2n) is 6.08. The molecule has 134 valence electrons. The smallest absolute Gasteiger partial charge is 0.270 e. The number of fused-ring (bicyclic) bond motifs is 1. The van der Waals surface area contributed by atoms with Gasteiger partial charge in [-0.05, 0) is 56.7 Å². The fourth-order valence-corrected chi connectivity index (χ4v) is 2.88. The second-order valence-corrected chi connectivity index (χ2v) is 6.08. The fraction of sp³-hybridized carbons (Fsp3) is 0.250. The number of amides is 1. The van der Waals surface area contributed by atoms with Gasteiger partial charge >= 0.3 is 0 Å². The quantitative estimate of drug-likeness (QED) is 0.768. The molecule has 1 aromatic carbocycles. The van der Waals surface area contributed by atoms with Crippen molar-refractivity contribution in [3.63, 3.8) is 0 Å². The summed E-state index contributed by atoms with van der Waals surface area (Å²) in [4.78, 5) is 31.5. The third-order valence-corrected chi connectivity index (χ3v) is 4.35. The lowest BCUT2D eigenvalue weighted by molar-refractivity contribution is 0.102. The monoisotopic (exact) mass is 350 g/mol. The minimum absolute atomic E-state index is 0.0147. The summed E-state index contributed by atoms with van der Waals surface area (Å²) in [6.45, 7) is 7.92. The van der Waals surface area contributed by atoms with Crippen LogP contribution in [0.1, 0.15) is 29.8 Å². The molecule has 0 aliphatic carbocycles. The highest BCUT2D eigenvalue weighted by Crippen LogP contribution is 2.18. The van der Waals surface area contributed by atoms with Gasteiger partial charge in [-0.3, -0.25) is 14.0 Å². The Balaban J connectivity index is 1.85. The molecule has 0 unspecified atom stereocenters. The molecule has 0 spiro atoms. The summed E-state index contributed by atoms with van der Waals surface area (Å²) in [5, 5.41) is 2.77. The van der Waals surface area contributed by atoms with E-state index in [2.05, 4.69) is 29.0 Å². The van der Waals surface area contributed by atoms with Crippen LogP contribution >= 0.6 is 0 Å². The molecule has 0 aliphatic heterocycles. The lowest BCUT2D eigenvalue weighted by Crippen LogP contribution is -2.26. The molecule has 0 bridgehead atoms. The molecule has 26 heavy (non-hydrogen) atoms. The Hall–Kier alpha value is -3.15. The van der Waals surface area contributed by atoms with Gasteiger partial charge in [0.05, 0.1) is 0 Å². The molecule has 0 radical (unpaired) electrons. The van der Waals surface area contributed by atoms with E-state index in [9.17, 15) is 9.59 Å². The topological polar surface area (TPSA) is 66.7 Å². The average Bonchev–Trinajstić information content (AvgIpc) is 2.65. The van der Waals surface area contributed by atoms with E-state index in [0.29, 0.717) is 11.3 Å². The van der Waals surface area contributed by atoms with Gasteiger partial charge in [0.2, 0.25) is 0 Å². The molecule has 1 amide bonds. The molecule has 6 nitrogen and oxygen atoms in total. The van der Waals surface area contributed by atoms with Crippen LogP contribution in [0.4, 0.5) is 11.4 Å². The first-order valence-electron chi connectivity index (χ1n) is 8.68. The standard InChI is InChI=1S/C20H22N4O2/c1-4-23(5-2)16-9-7-15(8-10-16)22-19(25)17-12-21-18-11-6-14(3)13-24(18)20(17)26/h6-13H,4-5H2,1-3H3,(H,22,25). The highest BCUT2D eigenvalue weighted by atomic mass is 16.2. The van der Waals surface area contributed by atoms with Crippen molar-refractivity contribution in [3.05, 3.63) is 70.3 Å². The molecule has 0 saturated heterocycles. The third-order valence-electron chi connectivity index (χ3n) is 4.35. The van der Waals surface area contributed by atoms with E-state index in [1.807, 2.05) is 37.3 Å². The number of benzene rings is 1. The zero-order valence-electron chi connectivity index (χ0n) is 15.2. The van der Waals surface area contributed by atoms with Crippen LogP contribution in [-0.2, 0) is 0 Å². The SMILES string of the molecule is CCN(CC)c1ccc(NC(=O)c2cnc3ccc(C)cn3c2=O)cc1. The number of aryl methyl sites for hydroxylation is 1. The van der Waals surface area contributed by atoms with Crippen molar-refractivity contribution in [2.24, 2.45) is 0 Å². The number of anilines is 2. The van der Waals surface area contributed by atoms with Gasteiger partial charge < -0.3 is 10.2 Å². The Morgan fingerprint density at radius 1 is 1.12 bits per heavy atom. The molecule has 0 atom stereocenters. The molecule has 0 fully saturated rings. The van der Waals surface area contributed by atoms with Gasteiger partial charge in [0.15, 0.2) is 0 Å². The molecule has 6 heteroatoms. The number of rotatable bonds is 5. The molecule has 2 heterocycles. The number of carbonyl (C=O) groups is 1. The van der Waals surface area contributed by atoms with E-state index in [1.54, 1.807) is 12.3 Å². The highest BCUT2D eigenvalue weighted by molar-refractivity contribution is 6.04. The van der Waals surface area contributed by atoms with Crippen LogP contribution in [0.3, 0.4) is 0 Å². The molecular formula is C20H22N4O2. The number of aromatic nitrogens is 2. The number of hydrogen-bond donors (Lipinski definition) is 1. The lowest BCUT2D eigenvalue weighted by Gasteiger charge is -2.21. The van der Waals surface area contributed by atoms with Crippen molar-refractivity contribution in [2.45, 2.75) is 20.8 Å². The Morgan fingerprint density at radius 3 is 2.46 bits per heavy atom. The van der Waals surface area contributed by atoms with E-state index in [0.717, 1.165) is 24.3 Å². The fourth-order valence-electron chi connectivity index (χ4n) is 2.88. The van der Waals surface area contributed by atoms with Gasteiger partial charge in [-0.25, -0.2) is 4.98 Å². The minimum atomic E-state index is -0.464. The van der Waals surface area contributed by atoms with Gasteiger partial charge in [-0.1, -0.05) is 6.07 Å². The van der Waals surface area contributed by atoms with Crippen LogP contribution in [0.25, 0.3) is 5.65 Å². The van der Waals surface area contributed by atoms with Crippen LogP contribution < -0.4 is 15.8 Å². The van der Waals surface area contributed by atoms with Crippen molar-refractivity contribution in [2.75, 3.05) is 23.3 Å². The summed E-state index contributed by atoms with van der Waals surface area (Å²) >= 11 is 0. The summed E-state index contributed by atoms with van der Waals surface area (Å²) < 4.78 is 1.40. The number of hydrogen-bond acceptors (Lipinski definition) is 4. The maximum absolute atomic E-state index is 12.6. The average molecular weight is 350 g/mol. The zero-order valence-corrected chi connectivity index (χ0v) is 15.2. The minimum Gasteiger partial charge on any atom is -0.372 e. The van der Waals surface area contributed by atoms with Crippen molar-refractivity contribution in [3.8, 4) is 0 Å². The van der Waals surface area contributed by atoms with Crippen molar-refractivity contribution in [1.29, 1.82) is 0 Å². The first-order chi connectivity index (χ1) is 12.5. The third kappa shape index (κ3) is 3.44. The Kier molecular flexibility index (Phi) is 5.02. The normalized spacial score (nSPS) is 10.7.